The maximum Gasteiger partial charge on any atom is 0.437 e. The smallest absolute Gasteiger partial charge is 0.437 e. The monoisotopic (exact) mass is 935 g/mol. The van der Waals surface area contributed by atoms with Gasteiger partial charge in [-0.15, -0.1) is 0 Å². The topological polar surface area (TPSA) is 99.1 Å². The number of benzene rings is 3. The molecule has 61 heavy (non-hydrogen) atoms. The summed E-state index contributed by atoms with van der Waals surface area (Å²) in [5.41, 5.74) is -13.7. The fraction of sp³-hybridized carbons (Fsp3) is 0.500. The number of carbonyl (C=O) groups excluding carboxylic acids is 1. The van der Waals surface area contributed by atoms with Gasteiger partial charge < -0.3 is 14.2 Å². The molecule has 0 heterocycles. The predicted molar refractivity (Wildman–Crippen MR) is 189 cm³/mol. The van der Waals surface area contributed by atoms with Gasteiger partial charge >= 0.3 is 57.2 Å². The van der Waals surface area contributed by atoms with Crippen LogP contribution in [-0.4, -0.2) is 73.3 Å². The molecule has 0 amide bonds. The minimum Gasteiger partial charge on any atom is -0.468 e. The lowest BCUT2D eigenvalue weighted by Crippen LogP contribution is -2.68. The summed E-state index contributed by atoms with van der Waals surface area (Å²) in [5, 5.41) is -5.03. The van der Waals surface area contributed by atoms with Crippen molar-refractivity contribution >= 4 is 27.0 Å². The van der Waals surface area contributed by atoms with Crippen LogP contribution >= 0.6 is 0 Å². The minimum atomic E-state index is -6.62. The molecule has 340 valence electrons. The zero-order valence-corrected chi connectivity index (χ0v) is 33.5. The van der Waals surface area contributed by atoms with Crippen LogP contribution in [0.4, 0.5) is 61.5 Å². The van der Waals surface area contributed by atoms with E-state index in [2.05, 4.69) is 9.47 Å². The van der Waals surface area contributed by atoms with Gasteiger partial charge in [-0.05, 0) is 82.3 Å². The van der Waals surface area contributed by atoms with Gasteiger partial charge in [0.15, 0.2) is 14.7 Å². The van der Waals surface area contributed by atoms with Gasteiger partial charge in [-0.1, -0.05) is 42.5 Å². The maximum atomic E-state index is 15.1. The molecule has 1 saturated carbocycles. The van der Waals surface area contributed by atoms with Gasteiger partial charge in [0.1, 0.15) is 12.4 Å². The van der Waals surface area contributed by atoms with Gasteiger partial charge in [0.2, 0.25) is 0 Å². The van der Waals surface area contributed by atoms with Crippen molar-refractivity contribution in [1.29, 1.82) is 0 Å². The summed E-state index contributed by atoms with van der Waals surface area (Å²) in [5.74, 6) is -9.25. The normalized spacial score (nSPS) is 18.0. The molecule has 1 aliphatic rings. The van der Waals surface area contributed by atoms with Crippen molar-refractivity contribution in [1.82, 2.24) is 0 Å². The van der Waals surface area contributed by atoms with Gasteiger partial charge in [0.25, 0.3) is 0 Å². The third-order valence-corrected chi connectivity index (χ3v) is 13.2. The minimum absolute atomic E-state index is 0.197. The van der Waals surface area contributed by atoms with Gasteiger partial charge in [0, 0.05) is 17.9 Å². The van der Waals surface area contributed by atoms with Crippen molar-refractivity contribution in [2.75, 3.05) is 13.2 Å². The van der Waals surface area contributed by atoms with E-state index >= 15 is 26.3 Å². The van der Waals surface area contributed by atoms with Gasteiger partial charge in [-0.3, -0.25) is 9.35 Å². The number of carbonyl (C=O) groups is 1. The number of hydrogen-bond donors (Lipinski definition) is 1. The first-order valence-electron chi connectivity index (χ1n) is 17.8. The molecule has 7 nitrogen and oxygen atoms in total. The van der Waals surface area contributed by atoms with E-state index in [4.69, 9.17) is 9.29 Å². The Morgan fingerprint density at radius 3 is 1.44 bits per heavy atom. The van der Waals surface area contributed by atoms with E-state index in [1.807, 2.05) is 0 Å². The SMILES string of the molecule is Cc1ccc([S+](c2ccccc2)c2ccccc2)cc1OC(C1CCC(C(OC(=O)C(C)(C)COCC(F)(F)S(=O)(=O)O)(C(F)(F)F)C(F)(F)F)CC1)(C(F)(F)F)C(F)(F)F. The average molecular weight is 936 g/mol. The van der Waals surface area contributed by atoms with Crippen LogP contribution in [-0.2, 0) is 35.3 Å². The highest BCUT2D eigenvalue weighted by Crippen LogP contribution is 2.60. The van der Waals surface area contributed by atoms with E-state index in [-0.39, 0.29) is 10.5 Å². The molecule has 3 aromatic carbocycles. The molecular formula is C38H37F14O7S2+. The number of halogens is 14. The number of hydrogen-bond acceptors (Lipinski definition) is 6. The largest absolute Gasteiger partial charge is 0.468 e. The van der Waals surface area contributed by atoms with Crippen LogP contribution in [0.2, 0.25) is 0 Å². The summed E-state index contributed by atoms with van der Waals surface area (Å²) in [6, 6.07) is 20.3. The third kappa shape index (κ3) is 10.0. The van der Waals surface area contributed by atoms with Crippen molar-refractivity contribution in [2.24, 2.45) is 17.3 Å². The molecule has 0 aliphatic heterocycles. The second-order valence-corrected chi connectivity index (χ2v) is 18.4. The highest BCUT2D eigenvalue weighted by atomic mass is 32.2. The lowest BCUT2D eigenvalue weighted by molar-refractivity contribution is -0.396. The third-order valence-electron chi connectivity index (χ3n) is 10.1. The summed E-state index contributed by atoms with van der Waals surface area (Å²) < 4.78 is 250. The second kappa shape index (κ2) is 17.4. The van der Waals surface area contributed by atoms with Crippen LogP contribution in [0.15, 0.2) is 93.5 Å². The van der Waals surface area contributed by atoms with Gasteiger partial charge in [0.05, 0.1) is 22.9 Å². The molecule has 1 N–H and O–H groups in total. The Kier molecular flexibility index (Phi) is 14.2. The van der Waals surface area contributed by atoms with Crippen molar-refractivity contribution in [3.8, 4) is 5.75 Å². The van der Waals surface area contributed by atoms with E-state index in [0.29, 0.717) is 23.6 Å². The lowest BCUT2D eigenvalue weighted by Gasteiger charge is -2.49. The number of esters is 1. The average Bonchev–Trinajstić information content (AvgIpc) is 3.12. The zero-order valence-electron chi connectivity index (χ0n) is 31.9. The Morgan fingerprint density at radius 2 is 1.05 bits per heavy atom. The molecule has 1 aliphatic carbocycles. The maximum absolute atomic E-state index is 15.1. The second-order valence-electron chi connectivity index (χ2n) is 14.9. The fourth-order valence-corrected chi connectivity index (χ4v) is 9.24. The fourth-order valence-electron chi connectivity index (χ4n) is 6.91. The van der Waals surface area contributed by atoms with Crippen LogP contribution in [0.5, 0.6) is 5.75 Å². The van der Waals surface area contributed by atoms with Crippen LogP contribution in [0.3, 0.4) is 0 Å². The van der Waals surface area contributed by atoms with Crippen LogP contribution < -0.4 is 4.74 Å². The molecule has 0 bridgehead atoms. The van der Waals surface area contributed by atoms with Crippen molar-refractivity contribution in [3.63, 3.8) is 0 Å². The van der Waals surface area contributed by atoms with Crippen LogP contribution in [0.25, 0.3) is 0 Å². The Bertz CT molecular complexity index is 2010. The quantitative estimate of drug-likeness (QED) is 0.0744. The summed E-state index contributed by atoms with van der Waals surface area (Å²) in [4.78, 5) is 14.4. The molecule has 1 fully saturated rings. The molecule has 0 unspecified atom stereocenters. The Morgan fingerprint density at radius 1 is 0.639 bits per heavy atom. The molecule has 0 saturated heterocycles. The van der Waals surface area contributed by atoms with Gasteiger partial charge in [-0.25, -0.2) is 0 Å². The van der Waals surface area contributed by atoms with E-state index < -0.39 is 130 Å². The predicted octanol–water partition coefficient (Wildman–Crippen LogP) is 11.1. The van der Waals surface area contributed by atoms with Crippen LogP contribution in [0.1, 0.15) is 45.1 Å². The zero-order chi connectivity index (χ0) is 46.3. The molecule has 0 aromatic heterocycles. The summed E-state index contributed by atoms with van der Waals surface area (Å²) >= 11 is 0. The highest BCUT2D eigenvalue weighted by Gasteiger charge is 2.80. The standard InChI is InChI=1S/C38H36F14O7S2/c1-23-14-19-28(60(26-10-6-4-7-11-26)27-12-8-5-9-13-27)20-29(23)58-33(35(41,42)43,36(44,45)46)24-15-17-25(18-16-24)34(37(47,48)49,38(50,51)52)59-30(53)31(2,3)21-57-22-32(39,40)61(54,55)56/h4-14,19-20,24-25H,15-18,21-22H2,1-3H3/p+1. The number of rotatable bonds is 14. The molecular weight excluding hydrogens is 899 g/mol. The first-order chi connectivity index (χ1) is 27.7. The Balaban J connectivity index is 1.73. The Hall–Kier alpha value is -3.83. The van der Waals surface area contributed by atoms with E-state index in [1.54, 1.807) is 60.7 Å². The van der Waals surface area contributed by atoms with Gasteiger partial charge in [-0.2, -0.15) is 69.9 Å². The summed E-state index contributed by atoms with van der Waals surface area (Å²) in [6.45, 7) is -1.51. The Labute approximate surface area is 342 Å². The highest BCUT2D eigenvalue weighted by molar-refractivity contribution is 7.97. The lowest BCUT2D eigenvalue weighted by atomic mass is 9.67. The number of alkyl halides is 14. The van der Waals surface area contributed by atoms with Crippen molar-refractivity contribution < 1.29 is 93.4 Å². The molecule has 0 spiro atoms. The number of aryl methyl sites for hydroxylation is 1. The summed E-state index contributed by atoms with van der Waals surface area (Å²) in [6.07, 6.45) is -32.6. The first kappa shape index (κ1) is 49.8. The van der Waals surface area contributed by atoms with E-state index in [1.165, 1.54) is 12.1 Å². The van der Waals surface area contributed by atoms with Crippen molar-refractivity contribution in [2.45, 2.75) is 102 Å². The van der Waals surface area contributed by atoms with E-state index in [9.17, 15) is 48.3 Å². The first-order valence-corrected chi connectivity index (χ1v) is 20.5. The summed E-state index contributed by atoms with van der Waals surface area (Å²) in [7, 11) is -7.26. The molecule has 0 radical (unpaired) electrons. The van der Waals surface area contributed by atoms with Crippen LogP contribution in [0, 0.1) is 24.2 Å². The molecule has 4 rings (SSSR count). The van der Waals surface area contributed by atoms with E-state index in [0.717, 1.165) is 13.0 Å². The molecule has 0 atom stereocenters. The van der Waals surface area contributed by atoms with Crippen molar-refractivity contribution in [3.05, 3.63) is 84.4 Å². The molecule has 23 heteroatoms. The number of ether oxygens (including phenoxy) is 3. The molecule has 3 aromatic rings.